The molecule has 4 aromatic carbocycles. The third-order valence-electron chi connectivity index (χ3n) is 8.74. The zero-order chi connectivity index (χ0) is 32.5. The fraction of sp³-hybridized carbons (Fsp3) is 0.158. The molecule has 10 heteroatoms. The van der Waals surface area contributed by atoms with Gasteiger partial charge in [-0.1, -0.05) is 84.9 Å². The zero-order valence-electron chi connectivity index (χ0n) is 26.1. The average molecular weight is 637 g/mol. The Labute approximate surface area is 277 Å². The lowest BCUT2D eigenvalue weighted by Gasteiger charge is -2.35. The molecule has 2 aliphatic heterocycles. The molecule has 1 N–H and O–H groups in total. The van der Waals surface area contributed by atoms with Gasteiger partial charge in [-0.05, 0) is 24.3 Å². The Morgan fingerprint density at radius 1 is 0.708 bits per heavy atom. The number of carbonyl (C=O) groups is 2. The Morgan fingerprint density at radius 2 is 1.40 bits per heavy atom. The molecule has 2 aliphatic rings. The fourth-order valence-electron chi connectivity index (χ4n) is 6.24. The van der Waals surface area contributed by atoms with Gasteiger partial charge in [0.15, 0.2) is 17.1 Å². The van der Waals surface area contributed by atoms with Crippen molar-refractivity contribution in [2.45, 2.75) is 6.54 Å². The molecule has 2 aromatic heterocycles. The Balaban J connectivity index is 0.992. The van der Waals surface area contributed by atoms with Crippen LogP contribution in [0.4, 0.5) is 5.69 Å². The van der Waals surface area contributed by atoms with Gasteiger partial charge in [0.25, 0.3) is 11.8 Å². The lowest BCUT2D eigenvalue weighted by molar-refractivity contribution is 0.0533. The number of para-hydroxylation sites is 2. The summed E-state index contributed by atoms with van der Waals surface area (Å²) in [6, 6.07) is 36.8. The predicted molar refractivity (Wildman–Crippen MR) is 182 cm³/mol. The van der Waals surface area contributed by atoms with E-state index in [0.717, 1.165) is 45.3 Å². The van der Waals surface area contributed by atoms with E-state index in [4.69, 9.17) is 19.6 Å². The summed E-state index contributed by atoms with van der Waals surface area (Å²) in [5.74, 6) is 1.19. The molecule has 0 spiro atoms. The summed E-state index contributed by atoms with van der Waals surface area (Å²) in [5.41, 5.74) is 6.67. The summed E-state index contributed by atoms with van der Waals surface area (Å²) < 4.78 is 12.9. The van der Waals surface area contributed by atoms with Gasteiger partial charge < -0.3 is 24.6 Å². The second kappa shape index (κ2) is 12.6. The Morgan fingerprint density at radius 3 is 2.17 bits per heavy atom. The molecule has 0 radical (unpaired) electrons. The summed E-state index contributed by atoms with van der Waals surface area (Å²) in [7, 11) is 0. The van der Waals surface area contributed by atoms with Crippen molar-refractivity contribution in [1.29, 1.82) is 0 Å². The van der Waals surface area contributed by atoms with Crippen molar-refractivity contribution in [3.05, 3.63) is 132 Å². The van der Waals surface area contributed by atoms with Crippen molar-refractivity contribution in [2.75, 3.05) is 38.3 Å². The quantitative estimate of drug-likeness (QED) is 0.229. The molecular formula is C38H32N6O4. The van der Waals surface area contributed by atoms with Gasteiger partial charge in [0.05, 0.1) is 17.0 Å². The number of hydrogen-bond donors (Lipinski definition) is 1. The first-order valence-corrected chi connectivity index (χ1v) is 15.9. The lowest BCUT2D eigenvalue weighted by atomic mass is 10.1. The van der Waals surface area contributed by atoms with Crippen molar-refractivity contribution in [3.63, 3.8) is 0 Å². The van der Waals surface area contributed by atoms with Crippen LogP contribution in [0, 0.1) is 0 Å². The molecule has 8 rings (SSSR count). The van der Waals surface area contributed by atoms with Gasteiger partial charge in [0, 0.05) is 61.2 Å². The van der Waals surface area contributed by atoms with Crippen LogP contribution < -0.4 is 14.8 Å². The van der Waals surface area contributed by atoms with E-state index in [1.807, 2.05) is 115 Å². The zero-order valence-corrected chi connectivity index (χ0v) is 26.1. The minimum atomic E-state index is -0.173. The van der Waals surface area contributed by atoms with Gasteiger partial charge in [0.1, 0.15) is 5.69 Å². The molecule has 48 heavy (non-hydrogen) atoms. The number of nitrogens with zero attached hydrogens (tertiary/aromatic N) is 5. The molecule has 1 saturated heterocycles. The standard InChI is InChI=1S/C38H32N6O4/c45-37(29-15-7-8-16-30(29)39-24-28-14-9-17-34-36(28)48-25-47-34)42-18-20-43(21-19-42)38(46)32-22-33(27-12-5-2-6-13-27)44-35(40-32)23-31(41-44)26-10-3-1-4-11-26/h1-17,22-23,39H,18-21,24-25H2. The second-order valence-corrected chi connectivity index (χ2v) is 11.7. The van der Waals surface area contributed by atoms with Crippen LogP contribution in [0.3, 0.4) is 0 Å². The maximum atomic E-state index is 13.9. The number of benzene rings is 4. The van der Waals surface area contributed by atoms with E-state index in [9.17, 15) is 9.59 Å². The monoisotopic (exact) mass is 636 g/mol. The highest BCUT2D eigenvalue weighted by Crippen LogP contribution is 2.36. The molecule has 6 aromatic rings. The normalized spacial score (nSPS) is 13.9. The van der Waals surface area contributed by atoms with Crippen LogP contribution in [-0.4, -0.2) is 69.2 Å². The van der Waals surface area contributed by atoms with E-state index >= 15 is 0 Å². The van der Waals surface area contributed by atoms with Crippen LogP contribution in [0.5, 0.6) is 11.5 Å². The minimum Gasteiger partial charge on any atom is -0.454 e. The third-order valence-corrected chi connectivity index (χ3v) is 8.74. The molecule has 0 bridgehead atoms. The predicted octanol–water partition coefficient (Wildman–Crippen LogP) is 6.00. The number of hydrogen-bond acceptors (Lipinski definition) is 7. The minimum absolute atomic E-state index is 0.0818. The van der Waals surface area contributed by atoms with Crippen LogP contribution in [0.15, 0.2) is 115 Å². The number of carbonyl (C=O) groups excluding carboxylic acids is 2. The summed E-state index contributed by atoms with van der Waals surface area (Å²) in [6.45, 7) is 2.30. The topological polar surface area (TPSA) is 101 Å². The molecule has 4 heterocycles. The molecule has 0 aliphatic carbocycles. The third kappa shape index (κ3) is 5.57. The Kier molecular flexibility index (Phi) is 7.66. The highest BCUT2D eigenvalue weighted by atomic mass is 16.7. The van der Waals surface area contributed by atoms with Gasteiger partial charge in [-0.2, -0.15) is 5.10 Å². The summed E-state index contributed by atoms with van der Waals surface area (Å²) in [4.78, 5) is 36.0. The van der Waals surface area contributed by atoms with Crippen molar-refractivity contribution >= 4 is 23.1 Å². The number of anilines is 1. The highest BCUT2D eigenvalue weighted by Gasteiger charge is 2.28. The van der Waals surface area contributed by atoms with Gasteiger partial charge in [-0.3, -0.25) is 9.59 Å². The highest BCUT2D eigenvalue weighted by molar-refractivity contribution is 6.00. The second-order valence-electron chi connectivity index (χ2n) is 11.7. The van der Waals surface area contributed by atoms with E-state index in [0.29, 0.717) is 49.6 Å². The maximum Gasteiger partial charge on any atom is 0.272 e. The maximum absolute atomic E-state index is 13.9. The van der Waals surface area contributed by atoms with Crippen molar-refractivity contribution in [1.82, 2.24) is 24.4 Å². The van der Waals surface area contributed by atoms with Crippen LogP contribution in [0.25, 0.3) is 28.2 Å². The number of amides is 2. The van der Waals surface area contributed by atoms with Crippen LogP contribution >= 0.6 is 0 Å². The van der Waals surface area contributed by atoms with Crippen molar-refractivity contribution in [3.8, 4) is 34.0 Å². The molecule has 0 saturated carbocycles. The Bertz CT molecular complexity index is 2120. The first-order chi connectivity index (χ1) is 23.6. The van der Waals surface area contributed by atoms with E-state index < -0.39 is 0 Å². The number of rotatable bonds is 7. The SMILES string of the molecule is O=C(c1cc(-c2ccccc2)n2nc(-c3ccccc3)cc2n1)N1CCN(C(=O)c2ccccc2NCc2cccc3c2OCO3)CC1. The summed E-state index contributed by atoms with van der Waals surface area (Å²) in [6.07, 6.45) is 0. The largest absolute Gasteiger partial charge is 0.454 e. The smallest absolute Gasteiger partial charge is 0.272 e. The van der Waals surface area contributed by atoms with Crippen molar-refractivity contribution < 1.29 is 19.1 Å². The molecule has 0 atom stereocenters. The van der Waals surface area contributed by atoms with E-state index in [-0.39, 0.29) is 18.6 Å². The number of fused-ring (bicyclic) bond motifs is 2. The van der Waals surface area contributed by atoms with Crippen LogP contribution in [0.1, 0.15) is 26.4 Å². The van der Waals surface area contributed by atoms with E-state index in [1.54, 1.807) is 14.3 Å². The summed E-state index contributed by atoms with van der Waals surface area (Å²) >= 11 is 0. The first-order valence-electron chi connectivity index (χ1n) is 15.9. The van der Waals surface area contributed by atoms with Crippen LogP contribution in [0.2, 0.25) is 0 Å². The lowest BCUT2D eigenvalue weighted by Crippen LogP contribution is -2.50. The molecular weight excluding hydrogens is 604 g/mol. The van der Waals surface area contributed by atoms with Gasteiger partial charge >= 0.3 is 0 Å². The van der Waals surface area contributed by atoms with Crippen molar-refractivity contribution in [2.24, 2.45) is 0 Å². The molecule has 0 unspecified atom stereocenters. The average Bonchev–Trinajstić information content (AvgIpc) is 3.82. The summed E-state index contributed by atoms with van der Waals surface area (Å²) in [5, 5.41) is 8.26. The van der Waals surface area contributed by atoms with E-state index in [1.165, 1.54) is 0 Å². The van der Waals surface area contributed by atoms with Crippen LogP contribution in [-0.2, 0) is 6.54 Å². The number of nitrogens with one attached hydrogen (secondary N) is 1. The van der Waals surface area contributed by atoms with Gasteiger partial charge in [-0.15, -0.1) is 0 Å². The molecule has 2 amide bonds. The number of piperazine rings is 1. The van der Waals surface area contributed by atoms with E-state index in [2.05, 4.69) is 5.32 Å². The molecule has 1 fully saturated rings. The number of ether oxygens (including phenoxy) is 2. The first kappa shape index (κ1) is 29.3. The molecule has 10 nitrogen and oxygen atoms in total. The van der Waals surface area contributed by atoms with Gasteiger partial charge in [-0.25, -0.2) is 9.50 Å². The fourth-order valence-corrected chi connectivity index (χ4v) is 6.24. The van der Waals surface area contributed by atoms with Gasteiger partial charge in [0.2, 0.25) is 6.79 Å². The Hall–Kier alpha value is -6.16. The molecule has 238 valence electrons. The number of aromatic nitrogens is 3.